The van der Waals surface area contributed by atoms with Crippen molar-refractivity contribution < 1.29 is 4.79 Å². The maximum atomic E-state index is 11.6. The van der Waals surface area contributed by atoms with Crippen LogP contribution in [0.15, 0.2) is 24.3 Å². The van der Waals surface area contributed by atoms with Gasteiger partial charge in [-0.05, 0) is 36.3 Å². The maximum absolute atomic E-state index is 11.6. The number of carbonyl (C=O) groups excluding carboxylic acids is 1. The molecular weight excluding hydrogens is 198 g/mol. The Bertz CT molecular complexity index is 348. The summed E-state index contributed by atoms with van der Waals surface area (Å²) in [5, 5.41) is 2.95. The van der Waals surface area contributed by atoms with Gasteiger partial charge in [0.1, 0.15) is 0 Å². The van der Waals surface area contributed by atoms with E-state index in [0.29, 0.717) is 12.3 Å². The van der Waals surface area contributed by atoms with Crippen LogP contribution in [-0.2, 0) is 17.6 Å². The third-order valence-corrected chi connectivity index (χ3v) is 3.18. The molecule has 1 aliphatic rings. The van der Waals surface area contributed by atoms with Crippen molar-refractivity contribution in [1.82, 2.24) is 5.32 Å². The van der Waals surface area contributed by atoms with E-state index in [2.05, 4.69) is 36.5 Å². The largest absolute Gasteiger partial charge is 0.356 e. The van der Waals surface area contributed by atoms with Crippen molar-refractivity contribution in [3.8, 4) is 0 Å². The number of benzene rings is 1. The van der Waals surface area contributed by atoms with Crippen LogP contribution < -0.4 is 5.32 Å². The number of hydrogen-bond acceptors (Lipinski definition) is 1. The third kappa shape index (κ3) is 2.63. The van der Waals surface area contributed by atoms with E-state index in [-0.39, 0.29) is 5.91 Å². The van der Waals surface area contributed by atoms with Gasteiger partial charge in [0.15, 0.2) is 0 Å². The third-order valence-electron chi connectivity index (χ3n) is 3.18. The van der Waals surface area contributed by atoms with Gasteiger partial charge >= 0.3 is 0 Å². The van der Waals surface area contributed by atoms with E-state index in [9.17, 15) is 4.79 Å². The molecule has 0 radical (unpaired) electrons. The minimum atomic E-state index is 0.208. The minimum Gasteiger partial charge on any atom is -0.356 e. The predicted octanol–water partition coefficient (Wildman–Crippen LogP) is 2.32. The summed E-state index contributed by atoms with van der Waals surface area (Å²) in [6.45, 7) is 2.88. The zero-order valence-electron chi connectivity index (χ0n) is 9.83. The predicted molar refractivity (Wildman–Crippen MR) is 65.3 cm³/mol. The Labute approximate surface area is 97.1 Å². The first kappa shape index (κ1) is 11.2. The van der Waals surface area contributed by atoms with Gasteiger partial charge in [-0.3, -0.25) is 4.79 Å². The topological polar surface area (TPSA) is 29.1 Å². The smallest absolute Gasteiger partial charge is 0.220 e. The fraction of sp³-hybridized carbons (Fsp3) is 0.500. The Kier molecular flexibility index (Phi) is 3.60. The molecule has 0 heterocycles. The molecule has 1 N–H and O–H groups in total. The molecule has 1 aromatic rings. The summed E-state index contributed by atoms with van der Waals surface area (Å²) >= 11 is 0. The fourth-order valence-electron chi connectivity index (χ4n) is 2.39. The van der Waals surface area contributed by atoms with Gasteiger partial charge in [-0.1, -0.05) is 31.2 Å². The molecule has 0 saturated carbocycles. The zero-order chi connectivity index (χ0) is 11.4. The molecule has 86 valence electrons. The van der Waals surface area contributed by atoms with Crippen molar-refractivity contribution in [2.75, 3.05) is 6.54 Å². The van der Waals surface area contributed by atoms with Crippen LogP contribution in [0.3, 0.4) is 0 Å². The molecule has 1 aromatic carbocycles. The Balaban J connectivity index is 1.85. The summed E-state index contributed by atoms with van der Waals surface area (Å²) in [7, 11) is 0. The van der Waals surface area contributed by atoms with Crippen LogP contribution >= 0.6 is 0 Å². The molecule has 0 unspecified atom stereocenters. The molecule has 0 aromatic heterocycles. The van der Waals surface area contributed by atoms with E-state index >= 15 is 0 Å². The van der Waals surface area contributed by atoms with Gasteiger partial charge < -0.3 is 5.32 Å². The number of nitrogens with one attached hydrogen (secondary N) is 1. The molecule has 2 heteroatoms. The molecule has 0 atom stereocenters. The highest BCUT2D eigenvalue weighted by molar-refractivity contribution is 5.76. The van der Waals surface area contributed by atoms with Crippen molar-refractivity contribution >= 4 is 5.91 Å². The molecule has 0 spiro atoms. The molecule has 1 amide bonds. The fourth-order valence-corrected chi connectivity index (χ4v) is 2.39. The Morgan fingerprint density at radius 1 is 1.31 bits per heavy atom. The highest BCUT2D eigenvalue weighted by Gasteiger charge is 2.22. The van der Waals surface area contributed by atoms with Gasteiger partial charge in [-0.2, -0.15) is 0 Å². The number of rotatable bonds is 4. The van der Waals surface area contributed by atoms with Crippen LogP contribution in [0.25, 0.3) is 0 Å². The number of amides is 1. The Morgan fingerprint density at radius 2 is 1.94 bits per heavy atom. The van der Waals surface area contributed by atoms with Crippen molar-refractivity contribution in [3.05, 3.63) is 35.4 Å². The van der Waals surface area contributed by atoms with Crippen molar-refractivity contribution in [3.63, 3.8) is 0 Å². The van der Waals surface area contributed by atoms with Crippen LogP contribution in [0, 0.1) is 5.92 Å². The standard InChI is InChI=1S/C14H19NO/c1-2-7-15-14(16)10-11-8-12-5-3-4-6-13(12)9-11/h3-6,11H,2,7-10H2,1H3,(H,15,16). The van der Waals surface area contributed by atoms with Gasteiger partial charge in [-0.25, -0.2) is 0 Å². The quantitative estimate of drug-likeness (QED) is 0.824. The lowest BCUT2D eigenvalue weighted by molar-refractivity contribution is -0.121. The van der Waals surface area contributed by atoms with E-state index in [4.69, 9.17) is 0 Å². The summed E-state index contributed by atoms with van der Waals surface area (Å²) in [5.41, 5.74) is 2.85. The van der Waals surface area contributed by atoms with Crippen molar-refractivity contribution in [1.29, 1.82) is 0 Å². The van der Waals surface area contributed by atoms with Crippen LogP contribution in [0.4, 0.5) is 0 Å². The normalized spacial score (nSPS) is 14.8. The second kappa shape index (κ2) is 5.15. The molecule has 2 rings (SSSR count). The summed E-state index contributed by atoms with van der Waals surface area (Å²) in [6, 6.07) is 8.52. The molecule has 0 aliphatic heterocycles. The highest BCUT2D eigenvalue weighted by Crippen LogP contribution is 2.28. The summed E-state index contributed by atoms with van der Waals surface area (Å²) in [5.74, 6) is 0.717. The van der Waals surface area contributed by atoms with Gasteiger partial charge in [-0.15, -0.1) is 0 Å². The number of fused-ring (bicyclic) bond motifs is 1. The monoisotopic (exact) mass is 217 g/mol. The van der Waals surface area contributed by atoms with Gasteiger partial charge in [0.05, 0.1) is 0 Å². The van der Waals surface area contributed by atoms with Gasteiger partial charge in [0.2, 0.25) is 5.91 Å². The highest BCUT2D eigenvalue weighted by atomic mass is 16.1. The molecule has 16 heavy (non-hydrogen) atoms. The molecule has 0 bridgehead atoms. The average molecular weight is 217 g/mol. The lowest BCUT2D eigenvalue weighted by Gasteiger charge is -2.08. The van der Waals surface area contributed by atoms with Crippen LogP contribution in [0.1, 0.15) is 30.9 Å². The Hall–Kier alpha value is -1.31. The Morgan fingerprint density at radius 3 is 2.50 bits per heavy atom. The second-order valence-electron chi connectivity index (χ2n) is 4.60. The van der Waals surface area contributed by atoms with Crippen molar-refractivity contribution in [2.24, 2.45) is 5.92 Å². The minimum absolute atomic E-state index is 0.208. The first-order valence-electron chi connectivity index (χ1n) is 6.13. The molecule has 0 fully saturated rings. The first-order chi connectivity index (χ1) is 7.79. The molecule has 1 aliphatic carbocycles. The van der Waals surface area contributed by atoms with Gasteiger partial charge in [0, 0.05) is 13.0 Å². The summed E-state index contributed by atoms with van der Waals surface area (Å²) in [4.78, 5) is 11.6. The molecule has 0 saturated heterocycles. The van der Waals surface area contributed by atoms with Crippen LogP contribution in [-0.4, -0.2) is 12.5 Å². The van der Waals surface area contributed by atoms with E-state index < -0.39 is 0 Å². The van der Waals surface area contributed by atoms with Crippen LogP contribution in [0.2, 0.25) is 0 Å². The SMILES string of the molecule is CCCNC(=O)CC1Cc2ccccc2C1. The van der Waals surface area contributed by atoms with E-state index in [1.54, 1.807) is 0 Å². The lowest BCUT2D eigenvalue weighted by Crippen LogP contribution is -2.26. The molecular formula is C14H19NO. The van der Waals surface area contributed by atoms with E-state index in [0.717, 1.165) is 25.8 Å². The van der Waals surface area contributed by atoms with E-state index in [1.807, 2.05) is 0 Å². The van der Waals surface area contributed by atoms with E-state index in [1.165, 1.54) is 11.1 Å². The number of carbonyl (C=O) groups is 1. The second-order valence-corrected chi connectivity index (χ2v) is 4.60. The average Bonchev–Trinajstić information content (AvgIpc) is 2.68. The summed E-state index contributed by atoms with van der Waals surface area (Å²) < 4.78 is 0. The van der Waals surface area contributed by atoms with Crippen molar-refractivity contribution in [2.45, 2.75) is 32.6 Å². The van der Waals surface area contributed by atoms with Crippen LogP contribution in [0.5, 0.6) is 0 Å². The summed E-state index contributed by atoms with van der Waals surface area (Å²) in [6.07, 6.45) is 3.82. The van der Waals surface area contributed by atoms with Gasteiger partial charge in [0.25, 0.3) is 0 Å². The maximum Gasteiger partial charge on any atom is 0.220 e. The molecule has 2 nitrogen and oxygen atoms in total. The first-order valence-corrected chi connectivity index (χ1v) is 6.13. The lowest BCUT2D eigenvalue weighted by atomic mass is 10.0. The zero-order valence-corrected chi connectivity index (χ0v) is 9.83. The number of hydrogen-bond donors (Lipinski definition) is 1.